The molecule has 0 radical (unpaired) electrons. The van der Waals surface area contributed by atoms with Gasteiger partial charge < -0.3 is 5.11 Å². The van der Waals surface area contributed by atoms with Crippen LogP contribution >= 0.6 is 0 Å². The van der Waals surface area contributed by atoms with Gasteiger partial charge in [-0.15, -0.1) is 0 Å². The first-order valence-electron chi connectivity index (χ1n) is 6.57. The third-order valence-corrected chi connectivity index (χ3v) is 3.22. The Morgan fingerprint density at radius 3 is 2.25 bits per heavy atom. The van der Waals surface area contributed by atoms with Gasteiger partial charge in [0.05, 0.1) is 0 Å². The normalized spacial score (nSPS) is 14.8. The lowest BCUT2D eigenvalue weighted by Gasteiger charge is -2.29. The molecule has 0 heterocycles. The Morgan fingerprint density at radius 1 is 1.15 bits per heavy atom. The van der Waals surface area contributed by atoms with E-state index in [2.05, 4.69) is 0 Å². The van der Waals surface area contributed by atoms with Crippen LogP contribution in [0.5, 0.6) is 0 Å². The van der Waals surface area contributed by atoms with Crippen LogP contribution in [0.3, 0.4) is 0 Å². The highest BCUT2D eigenvalue weighted by Crippen LogP contribution is 2.37. The summed E-state index contributed by atoms with van der Waals surface area (Å²) in [7, 11) is 0. The van der Waals surface area contributed by atoms with E-state index in [9.17, 15) is 23.1 Å². The standard InChI is InChI=1S/C15H19F3O2/c1-12(19)11-14(20,15(16,17)18)10-6-5-9-13-7-3-2-4-8-13/h2-4,7-8,20H,5-6,9-11H2,1H3/t14-/m1/s1. The summed E-state index contributed by atoms with van der Waals surface area (Å²) in [5.41, 5.74) is -1.84. The molecule has 20 heavy (non-hydrogen) atoms. The van der Waals surface area contributed by atoms with Gasteiger partial charge in [0.2, 0.25) is 0 Å². The number of hydrogen-bond acceptors (Lipinski definition) is 2. The molecule has 0 unspecified atom stereocenters. The summed E-state index contributed by atoms with van der Waals surface area (Å²) in [4.78, 5) is 10.9. The zero-order chi connectivity index (χ0) is 15.2. The average Bonchev–Trinajstić information content (AvgIpc) is 2.34. The summed E-state index contributed by atoms with van der Waals surface area (Å²) in [5, 5.41) is 9.67. The molecule has 1 atom stereocenters. The Morgan fingerprint density at radius 2 is 1.75 bits per heavy atom. The molecule has 5 heteroatoms. The van der Waals surface area contributed by atoms with Gasteiger partial charge >= 0.3 is 6.18 Å². The predicted molar refractivity (Wildman–Crippen MR) is 70.3 cm³/mol. The van der Waals surface area contributed by atoms with E-state index in [0.29, 0.717) is 12.8 Å². The number of unbranched alkanes of at least 4 members (excludes halogenated alkanes) is 1. The van der Waals surface area contributed by atoms with Crippen molar-refractivity contribution in [3.05, 3.63) is 35.9 Å². The summed E-state index contributed by atoms with van der Waals surface area (Å²) >= 11 is 0. The topological polar surface area (TPSA) is 37.3 Å². The molecular weight excluding hydrogens is 269 g/mol. The van der Waals surface area contributed by atoms with Crippen molar-refractivity contribution in [2.45, 2.75) is 50.8 Å². The second-order valence-corrected chi connectivity index (χ2v) is 5.10. The lowest BCUT2D eigenvalue weighted by Crippen LogP contribution is -2.46. The van der Waals surface area contributed by atoms with Crippen LogP contribution in [-0.2, 0) is 11.2 Å². The van der Waals surface area contributed by atoms with Crippen molar-refractivity contribution in [1.29, 1.82) is 0 Å². The highest BCUT2D eigenvalue weighted by atomic mass is 19.4. The number of halogens is 3. The Kier molecular flexibility index (Phi) is 5.74. The molecule has 0 saturated carbocycles. The van der Waals surface area contributed by atoms with Crippen molar-refractivity contribution < 1.29 is 23.1 Å². The van der Waals surface area contributed by atoms with E-state index in [4.69, 9.17) is 0 Å². The van der Waals surface area contributed by atoms with Crippen molar-refractivity contribution in [2.75, 3.05) is 0 Å². The minimum absolute atomic E-state index is 0.220. The Labute approximate surface area is 116 Å². The number of alkyl halides is 3. The monoisotopic (exact) mass is 288 g/mol. The fraction of sp³-hybridized carbons (Fsp3) is 0.533. The van der Waals surface area contributed by atoms with Gasteiger partial charge in [-0.05, 0) is 38.2 Å². The van der Waals surface area contributed by atoms with Gasteiger partial charge in [-0.1, -0.05) is 30.3 Å². The maximum absolute atomic E-state index is 12.8. The van der Waals surface area contributed by atoms with Crippen molar-refractivity contribution >= 4 is 5.78 Å². The Hall–Kier alpha value is -1.36. The first-order chi connectivity index (χ1) is 9.24. The average molecular weight is 288 g/mol. The van der Waals surface area contributed by atoms with Crippen LogP contribution in [0.1, 0.15) is 38.2 Å². The number of hydrogen-bond donors (Lipinski definition) is 1. The fourth-order valence-corrected chi connectivity index (χ4v) is 2.13. The summed E-state index contributed by atoms with van der Waals surface area (Å²) in [5.74, 6) is -0.659. The SMILES string of the molecule is CC(=O)C[C@](O)(CCCCc1ccccc1)C(F)(F)F. The maximum Gasteiger partial charge on any atom is 0.417 e. The lowest BCUT2D eigenvalue weighted by molar-refractivity contribution is -0.263. The quantitative estimate of drug-likeness (QED) is 0.777. The van der Waals surface area contributed by atoms with E-state index in [-0.39, 0.29) is 6.42 Å². The molecule has 2 nitrogen and oxygen atoms in total. The molecule has 0 spiro atoms. The lowest BCUT2D eigenvalue weighted by atomic mass is 9.90. The summed E-state index contributed by atoms with van der Waals surface area (Å²) in [6, 6.07) is 9.43. The first-order valence-corrected chi connectivity index (χ1v) is 6.57. The number of benzene rings is 1. The summed E-state index contributed by atoms with van der Waals surface area (Å²) < 4.78 is 38.4. The highest BCUT2D eigenvalue weighted by molar-refractivity contribution is 5.76. The number of carbonyl (C=O) groups is 1. The van der Waals surface area contributed by atoms with E-state index in [1.54, 1.807) is 0 Å². The molecular formula is C15H19F3O2. The van der Waals surface area contributed by atoms with Gasteiger partial charge in [0.1, 0.15) is 5.78 Å². The smallest absolute Gasteiger partial charge is 0.380 e. The molecule has 0 amide bonds. The second kappa shape index (κ2) is 6.88. The van der Waals surface area contributed by atoms with Gasteiger partial charge in [0.15, 0.2) is 5.60 Å². The second-order valence-electron chi connectivity index (χ2n) is 5.10. The molecule has 112 valence electrons. The van der Waals surface area contributed by atoms with Gasteiger partial charge in [0, 0.05) is 6.42 Å². The fourth-order valence-electron chi connectivity index (χ4n) is 2.13. The van der Waals surface area contributed by atoms with Crippen LogP contribution in [0.15, 0.2) is 30.3 Å². The summed E-state index contributed by atoms with van der Waals surface area (Å²) in [6.07, 6.45) is -4.66. The zero-order valence-corrected chi connectivity index (χ0v) is 11.4. The number of rotatable bonds is 7. The van der Waals surface area contributed by atoms with Gasteiger partial charge in [-0.25, -0.2) is 0 Å². The zero-order valence-electron chi connectivity index (χ0n) is 11.4. The molecule has 0 bridgehead atoms. The molecule has 1 aromatic rings. The van der Waals surface area contributed by atoms with Crippen molar-refractivity contribution in [3.63, 3.8) is 0 Å². The third kappa shape index (κ3) is 4.96. The minimum Gasteiger partial charge on any atom is -0.380 e. The molecule has 0 aliphatic heterocycles. The van der Waals surface area contributed by atoms with Crippen LogP contribution < -0.4 is 0 Å². The first kappa shape index (κ1) is 16.7. The van der Waals surface area contributed by atoms with Crippen LogP contribution in [0.25, 0.3) is 0 Å². The highest BCUT2D eigenvalue weighted by Gasteiger charge is 2.53. The van der Waals surface area contributed by atoms with Crippen molar-refractivity contribution in [3.8, 4) is 0 Å². The largest absolute Gasteiger partial charge is 0.417 e. The van der Waals surface area contributed by atoms with Crippen LogP contribution in [0.4, 0.5) is 13.2 Å². The predicted octanol–water partition coefficient (Wildman–Crippen LogP) is 3.67. The molecule has 0 aliphatic carbocycles. The molecule has 1 rings (SSSR count). The molecule has 1 N–H and O–H groups in total. The third-order valence-electron chi connectivity index (χ3n) is 3.22. The number of aryl methyl sites for hydroxylation is 1. The van der Waals surface area contributed by atoms with E-state index in [0.717, 1.165) is 12.5 Å². The van der Waals surface area contributed by atoms with Crippen molar-refractivity contribution in [2.24, 2.45) is 0 Å². The number of Topliss-reactive ketones (excluding diaryl/α,β-unsaturated/α-hetero) is 1. The van der Waals surface area contributed by atoms with E-state index < -0.39 is 30.4 Å². The van der Waals surface area contributed by atoms with Gasteiger partial charge in [-0.2, -0.15) is 13.2 Å². The summed E-state index contributed by atoms with van der Waals surface area (Å²) in [6.45, 7) is 1.06. The van der Waals surface area contributed by atoms with Crippen LogP contribution in [0, 0.1) is 0 Å². The number of aliphatic hydroxyl groups is 1. The molecule has 0 saturated heterocycles. The van der Waals surface area contributed by atoms with Crippen LogP contribution in [0.2, 0.25) is 0 Å². The maximum atomic E-state index is 12.8. The number of ketones is 1. The van der Waals surface area contributed by atoms with Crippen LogP contribution in [-0.4, -0.2) is 22.7 Å². The Bertz CT molecular complexity index is 428. The minimum atomic E-state index is -4.77. The van der Waals surface area contributed by atoms with Gasteiger partial charge in [0.25, 0.3) is 0 Å². The molecule has 0 aliphatic rings. The van der Waals surface area contributed by atoms with Gasteiger partial charge in [-0.3, -0.25) is 4.79 Å². The molecule has 0 fully saturated rings. The van der Waals surface area contributed by atoms with E-state index in [1.807, 2.05) is 30.3 Å². The number of carbonyl (C=O) groups excluding carboxylic acids is 1. The molecule has 0 aromatic heterocycles. The van der Waals surface area contributed by atoms with E-state index in [1.165, 1.54) is 0 Å². The molecule has 1 aromatic carbocycles. The Balaban J connectivity index is 2.49. The van der Waals surface area contributed by atoms with E-state index >= 15 is 0 Å². The van der Waals surface area contributed by atoms with Crippen molar-refractivity contribution in [1.82, 2.24) is 0 Å².